The Morgan fingerprint density at radius 1 is 1.20 bits per heavy atom. The van der Waals surface area contributed by atoms with Crippen LogP contribution < -0.4 is 5.32 Å². The quantitative estimate of drug-likeness (QED) is 0.755. The molecular weight excluding hydrogens is 349 g/mol. The Hall–Kier alpha value is -2.00. The van der Waals surface area contributed by atoms with Crippen LogP contribution in [0.1, 0.15) is 6.42 Å². The van der Waals surface area contributed by atoms with Gasteiger partial charge in [-0.05, 0) is 44.8 Å². The monoisotopic (exact) mass is 371 g/mol. The molecule has 2 amide bonds. The van der Waals surface area contributed by atoms with Crippen molar-refractivity contribution in [1.82, 2.24) is 9.80 Å². The second-order valence-electron chi connectivity index (χ2n) is 6.32. The number of nitrogens with one attached hydrogen (secondary N) is 1. The summed E-state index contributed by atoms with van der Waals surface area (Å²) in [5.41, 5.74) is 0.298. The molecule has 1 aliphatic rings. The summed E-state index contributed by atoms with van der Waals surface area (Å²) < 4.78 is 36.3. The molecule has 1 heterocycles. The van der Waals surface area contributed by atoms with Crippen molar-refractivity contribution < 1.29 is 22.4 Å². The van der Waals surface area contributed by atoms with Crippen molar-refractivity contribution in [3.63, 3.8) is 0 Å². The van der Waals surface area contributed by atoms with Crippen molar-refractivity contribution in [1.29, 1.82) is 0 Å². The molecule has 0 aliphatic carbocycles. The minimum Gasteiger partial charge on any atom is -0.329 e. The molecule has 7 nitrogen and oxygen atoms in total. The topological polar surface area (TPSA) is 86.8 Å². The van der Waals surface area contributed by atoms with Crippen molar-refractivity contribution in [2.75, 3.05) is 44.0 Å². The molecule has 1 aromatic rings. The number of carbonyl (C=O) groups excluding carboxylic acids is 2. The predicted octanol–water partition coefficient (Wildman–Crippen LogP) is 0.342. The Bertz CT molecular complexity index is 734. The number of likely N-dealkylation sites (N-methyl/N-ethyl adjacent to an activating group) is 1. The second-order valence-corrected chi connectivity index (χ2v) is 8.55. The minimum atomic E-state index is -3.18. The van der Waals surface area contributed by atoms with Gasteiger partial charge in [0.15, 0.2) is 9.84 Å². The smallest absolute Gasteiger partial charge is 0.313 e. The lowest BCUT2D eigenvalue weighted by atomic mass is 10.2. The molecule has 1 N–H and O–H groups in total. The molecule has 1 unspecified atom stereocenters. The normalized spacial score (nSPS) is 19.0. The van der Waals surface area contributed by atoms with E-state index in [0.29, 0.717) is 18.7 Å². The summed E-state index contributed by atoms with van der Waals surface area (Å²) >= 11 is 0. The lowest BCUT2D eigenvalue weighted by molar-refractivity contribution is -0.144. The summed E-state index contributed by atoms with van der Waals surface area (Å²) in [5, 5.41) is 2.42. The Balaban J connectivity index is 2.10. The van der Waals surface area contributed by atoms with Gasteiger partial charge in [0.25, 0.3) is 0 Å². The van der Waals surface area contributed by atoms with E-state index in [4.69, 9.17) is 0 Å². The minimum absolute atomic E-state index is 0.0169. The van der Waals surface area contributed by atoms with E-state index in [1.54, 1.807) is 0 Å². The molecule has 1 aromatic carbocycles. The molecule has 0 aromatic heterocycles. The van der Waals surface area contributed by atoms with E-state index in [-0.39, 0.29) is 18.1 Å². The first-order chi connectivity index (χ1) is 11.7. The summed E-state index contributed by atoms with van der Waals surface area (Å²) in [6.07, 6.45) is 0.325. The van der Waals surface area contributed by atoms with E-state index in [1.807, 2.05) is 19.0 Å². The second kappa shape index (κ2) is 7.92. The van der Waals surface area contributed by atoms with Gasteiger partial charge < -0.3 is 15.1 Å². The molecule has 0 spiro atoms. The molecule has 25 heavy (non-hydrogen) atoms. The molecule has 1 saturated heterocycles. The fourth-order valence-electron chi connectivity index (χ4n) is 2.63. The zero-order valence-corrected chi connectivity index (χ0v) is 15.1. The van der Waals surface area contributed by atoms with Gasteiger partial charge in [-0.25, -0.2) is 12.8 Å². The van der Waals surface area contributed by atoms with Gasteiger partial charge in [0.05, 0.1) is 11.5 Å². The van der Waals surface area contributed by atoms with Crippen LogP contribution in [0, 0.1) is 5.82 Å². The highest BCUT2D eigenvalue weighted by atomic mass is 32.2. The summed E-state index contributed by atoms with van der Waals surface area (Å²) in [6, 6.07) is 4.55. The molecule has 1 fully saturated rings. The number of hydrogen-bond donors (Lipinski definition) is 1. The van der Waals surface area contributed by atoms with Crippen LogP contribution in [0.15, 0.2) is 24.3 Å². The summed E-state index contributed by atoms with van der Waals surface area (Å²) in [7, 11) is 0.469. The van der Waals surface area contributed by atoms with E-state index in [2.05, 4.69) is 5.32 Å². The highest BCUT2D eigenvalue weighted by Crippen LogP contribution is 2.18. The zero-order chi connectivity index (χ0) is 18.6. The van der Waals surface area contributed by atoms with Crippen LogP contribution >= 0.6 is 0 Å². The van der Waals surface area contributed by atoms with Gasteiger partial charge in [-0.3, -0.25) is 9.59 Å². The number of carbonyl (C=O) groups is 2. The molecule has 0 radical (unpaired) electrons. The summed E-state index contributed by atoms with van der Waals surface area (Å²) in [6.45, 7) is 0.759. The number of rotatable bonds is 5. The molecule has 9 heteroatoms. The molecule has 2 rings (SSSR count). The van der Waals surface area contributed by atoms with Crippen LogP contribution in [0.2, 0.25) is 0 Å². The van der Waals surface area contributed by atoms with E-state index in [1.165, 1.54) is 29.2 Å². The average Bonchev–Trinajstić information content (AvgIpc) is 2.89. The lowest BCUT2D eigenvalue weighted by Gasteiger charge is -2.28. The number of halogens is 1. The van der Waals surface area contributed by atoms with Crippen LogP contribution in [0.5, 0.6) is 0 Å². The molecule has 1 aliphatic heterocycles. The van der Waals surface area contributed by atoms with Crippen LogP contribution in [-0.2, 0) is 19.4 Å². The molecular formula is C16H22FN3O4S. The van der Waals surface area contributed by atoms with E-state index in [0.717, 1.165) is 0 Å². The number of benzene rings is 1. The largest absolute Gasteiger partial charge is 0.329 e. The van der Waals surface area contributed by atoms with E-state index >= 15 is 0 Å². The number of hydrogen-bond acceptors (Lipinski definition) is 5. The van der Waals surface area contributed by atoms with Crippen LogP contribution in [0.4, 0.5) is 10.1 Å². The molecule has 0 saturated carbocycles. The van der Waals surface area contributed by atoms with Gasteiger partial charge in [0.2, 0.25) is 0 Å². The van der Waals surface area contributed by atoms with Crippen LogP contribution in [0.25, 0.3) is 0 Å². The first kappa shape index (κ1) is 19.3. The Morgan fingerprint density at radius 2 is 1.84 bits per heavy atom. The van der Waals surface area contributed by atoms with E-state index in [9.17, 15) is 22.4 Å². The van der Waals surface area contributed by atoms with Crippen molar-refractivity contribution in [3.8, 4) is 0 Å². The summed E-state index contributed by atoms with van der Waals surface area (Å²) in [4.78, 5) is 28.0. The van der Waals surface area contributed by atoms with Crippen LogP contribution in [-0.4, -0.2) is 74.8 Å². The SMILES string of the molecule is CN(C)CCN(C(=O)C(=O)Nc1ccc(F)cc1)C1CCS(=O)(=O)C1. The molecule has 138 valence electrons. The molecule has 0 bridgehead atoms. The highest BCUT2D eigenvalue weighted by molar-refractivity contribution is 7.91. The first-order valence-electron chi connectivity index (χ1n) is 7.90. The third-order valence-electron chi connectivity index (χ3n) is 3.99. The first-order valence-corrected chi connectivity index (χ1v) is 9.73. The Kier molecular flexibility index (Phi) is 6.12. The Labute approximate surface area is 146 Å². The van der Waals surface area contributed by atoms with Crippen molar-refractivity contribution in [2.45, 2.75) is 12.5 Å². The predicted molar refractivity (Wildman–Crippen MR) is 92.4 cm³/mol. The fraction of sp³-hybridized carbons (Fsp3) is 0.500. The van der Waals surface area contributed by atoms with Gasteiger partial charge >= 0.3 is 11.8 Å². The number of amides is 2. The third kappa shape index (κ3) is 5.50. The maximum Gasteiger partial charge on any atom is 0.313 e. The third-order valence-corrected chi connectivity index (χ3v) is 5.74. The van der Waals surface area contributed by atoms with Gasteiger partial charge in [-0.1, -0.05) is 0 Å². The maximum absolute atomic E-state index is 12.9. The fourth-order valence-corrected chi connectivity index (χ4v) is 4.36. The van der Waals surface area contributed by atoms with Crippen molar-refractivity contribution in [3.05, 3.63) is 30.1 Å². The lowest BCUT2D eigenvalue weighted by Crippen LogP contribution is -2.48. The standard InChI is InChI=1S/C16H22FN3O4S/c1-19(2)8-9-20(14-7-10-25(23,24)11-14)16(22)15(21)18-13-5-3-12(17)4-6-13/h3-6,14H,7-11H2,1-2H3,(H,18,21). The number of nitrogens with zero attached hydrogens (tertiary/aromatic N) is 2. The zero-order valence-electron chi connectivity index (χ0n) is 14.2. The number of sulfone groups is 1. The van der Waals surface area contributed by atoms with Crippen molar-refractivity contribution >= 4 is 27.3 Å². The van der Waals surface area contributed by atoms with Crippen LogP contribution in [0.3, 0.4) is 0 Å². The average molecular weight is 371 g/mol. The highest BCUT2D eigenvalue weighted by Gasteiger charge is 2.36. The van der Waals surface area contributed by atoms with Crippen molar-refractivity contribution in [2.24, 2.45) is 0 Å². The summed E-state index contributed by atoms with van der Waals surface area (Å²) in [5.74, 6) is -2.21. The van der Waals surface area contributed by atoms with Gasteiger partial charge in [-0.15, -0.1) is 0 Å². The maximum atomic E-state index is 12.9. The van der Waals surface area contributed by atoms with Gasteiger partial charge in [-0.2, -0.15) is 0 Å². The Morgan fingerprint density at radius 3 is 2.36 bits per heavy atom. The van der Waals surface area contributed by atoms with Gasteiger partial charge in [0.1, 0.15) is 5.82 Å². The van der Waals surface area contributed by atoms with Gasteiger partial charge in [0, 0.05) is 24.8 Å². The molecule has 1 atom stereocenters. The van der Waals surface area contributed by atoms with E-state index < -0.39 is 33.5 Å². The number of anilines is 1.